The second-order valence-electron chi connectivity index (χ2n) is 1.30. The predicted octanol–water partition coefficient (Wildman–Crippen LogP) is -1.13. The van der Waals surface area contributed by atoms with E-state index in [4.69, 9.17) is 24.0 Å². The quantitative estimate of drug-likeness (QED) is 0.558. The van der Waals surface area contributed by atoms with E-state index in [0.29, 0.717) is 0 Å². The molecule has 0 spiro atoms. The van der Waals surface area contributed by atoms with Gasteiger partial charge in [0.25, 0.3) is 33.9 Å². The van der Waals surface area contributed by atoms with Crippen LogP contribution in [-0.4, -0.2) is 33.9 Å². The first-order valence-corrected chi connectivity index (χ1v) is 3.71. The van der Waals surface area contributed by atoms with E-state index in [-0.39, 0.29) is 0 Å². The normalized spacial score (nSPS) is 4.76. The SMILES string of the molecule is [C]=O.[C]=O.[C]=O.[C]=O.[C]=O.[Mn][c]1ccccc1. The molecule has 10 radical (unpaired) electrons. The molecule has 0 aliphatic heterocycles. The molecular formula is C11H5MnO5. The van der Waals surface area contributed by atoms with Gasteiger partial charge in [0.05, 0.1) is 0 Å². The Bertz CT molecular complexity index is 197. The van der Waals surface area contributed by atoms with E-state index in [1.54, 1.807) is 0 Å². The predicted molar refractivity (Wildman–Crippen MR) is 54.5 cm³/mol. The van der Waals surface area contributed by atoms with Gasteiger partial charge in [-0.15, -0.1) is 0 Å². The first-order valence-electron chi connectivity index (χ1n) is 3.12. The van der Waals surface area contributed by atoms with Crippen LogP contribution in [-0.2, 0) is 40.0 Å². The van der Waals surface area contributed by atoms with Crippen LogP contribution < -0.4 is 4.46 Å². The van der Waals surface area contributed by atoms with Crippen LogP contribution in [0.3, 0.4) is 0 Å². The molecule has 1 rings (SSSR count). The van der Waals surface area contributed by atoms with Crippen LogP contribution in [0.2, 0.25) is 0 Å². The molecule has 17 heavy (non-hydrogen) atoms. The maximum absolute atomic E-state index is 7.50. The van der Waals surface area contributed by atoms with E-state index < -0.39 is 0 Å². The van der Waals surface area contributed by atoms with Gasteiger partial charge in [-0.2, -0.15) is 0 Å². The second kappa shape index (κ2) is 65.1. The number of carbonyl (C=O) groups excluding carboxylic acids is 5. The Morgan fingerprint density at radius 2 is 0.824 bits per heavy atom. The first kappa shape index (κ1) is 29.4. The summed E-state index contributed by atoms with van der Waals surface area (Å²) >= 11 is 3.31. The number of hydrogen-bond donors (Lipinski definition) is 0. The summed E-state index contributed by atoms with van der Waals surface area (Å²) in [5, 5.41) is 0. The minimum atomic E-state index is 1.13. The van der Waals surface area contributed by atoms with Crippen LogP contribution in [0.15, 0.2) is 30.3 Å². The van der Waals surface area contributed by atoms with Crippen molar-refractivity contribution < 1.29 is 40.0 Å². The number of hydrogen-bond acceptors (Lipinski definition) is 5. The maximum atomic E-state index is 7.50. The van der Waals surface area contributed by atoms with Crippen molar-refractivity contribution in [3.05, 3.63) is 30.3 Å². The summed E-state index contributed by atoms with van der Waals surface area (Å²) in [7, 11) is 0. The first-order chi connectivity index (χ1) is 8.39. The topological polar surface area (TPSA) is 85.3 Å². The van der Waals surface area contributed by atoms with Crippen LogP contribution >= 0.6 is 0 Å². The van der Waals surface area contributed by atoms with Crippen LogP contribution in [0, 0.1) is 0 Å². The molecule has 0 atom stereocenters. The van der Waals surface area contributed by atoms with Gasteiger partial charge < -0.3 is 0 Å². The van der Waals surface area contributed by atoms with Crippen LogP contribution in [0.4, 0.5) is 0 Å². The summed E-state index contributed by atoms with van der Waals surface area (Å²) in [6.45, 7) is 22.5. The van der Waals surface area contributed by atoms with Gasteiger partial charge in [0.2, 0.25) is 0 Å². The molecular weight excluding hydrogens is 267 g/mol. The Morgan fingerprint density at radius 1 is 0.588 bits per heavy atom. The molecule has 0 aliphatic rings. The monoisotopic (exact) mass is 272 g/mol. The van der Waals surface area contributed by atoms with Crippen molar-refractivity contribution in [2.75, 3.05) is 0 Å². The Labute approximate surface area is 109 Å². The molecule has 0 aromatic heterocycles. The van der Waals surface area contributed by atoms with Gasteiger partial charge in [-0.3, -0.25) is 24.0 Å². The van der Waals surface area contributed by atoms with Crippen molar-refractivity contribution in [2.45, 2.75) is 0 Å². The third-order valence-electron chi connectivity index (χ3n) is 0.733. The molecule has 0 unspecified atom stereocenters. The summed E-state index contributed by atoms with van der Waals surface area (Å²) in [6, 6.07) is 9.97. The number of rotatable bonds is 0. The van der Waals surface area contributed by atoms with E-state index in [2.05, 4.69) is 50.0 Å². The zero-order valence-electron chi connectivity index (χ0n) is 8.31. The summed E-state index contributed by atoms with van der Waals surface area (Å²) < 4.78 is 1.13. The molecule has 0 bridgehead atoms. The fraction of sp³-hybridized carbons (Fsp3) is 0. The van der Waals surface area contributed by atoms with Crippen molar-refractivity contribution in [1.29, 1.82) is 0 Å². The van der Waals surface area contributed by atoms with Gasteiger partial charge >= 0.3 is 50.8 Å². The molecule has 1 aromatic rings. The molecule has 0 N–H and O–H groups in total. The standard InChI is InChI=1S/C6H5.5CO.Mn/c1-2-4-6-5-3-1;5*1-2;/h1-5H;;;;;;. The van der Waals surface area contributed by atoms with Crippen LogP contribution in [0.25, 0.3) is 0 Å². The van der Waals surface area contributed by atoms with Gasteiger partial charge in [-0.05, 0) is 0 Å². The third kappa shape index (κ3) is 55.5. The van der Waals surface area contributed by atoms with Crippen molar-refractivity contribution in [1.82, 2.24) is 0 Å². The molecule has 0 fully saturated rings. The summed E-state index contributed by atoms with van der Waals surface area (Å²) in [5.74, 6) is 0. The van der Waals surface area contributed by atoms with E-state index in [1.165, 1.54) is 0 Å². The average Bonchev–Trinajstić information content (AvgIpc) is 2.50. The summed E-state index contributed by atoms with van der Waals surface area (Å²) in [5.41, 5.74) is 0. The molecule has 0 saturated heterocycles. The zero-order chi connectivity index (χ0) is 15.1. The van der Waals surface area contributed by atoms with Crippen LogP contribution in [0.5, 0.6) is 0 Å². The van der Waals surface area contributed by atoms with Crippen molar-refractivity contribution in [3.63, 3.8) is 0 Å². The molecule has 0 aliphatic carbocycles. The Kier molecular flexibility index (Phi) is 113. The molecule has 0 heterocycles. The Morgan fingerprint density at radius 3 is 0.941 bits per heavy atom. The average molecular weight is 272 g/mol. The van der Waals surface area contributed by atoms with Gasteiger partial charge in [-0.1, -0.05) is 0 Å². The third-order valence-corrected chi connectivity index (χ3v) is 1.13. The van der Waals surface area contributed by atoms with E-state index in [9.17, 15) is 0 Å². The van der Waals surface area contributed by atoms with Gasteiger partial charge in [0.1, 0.15) is 0 Å². The zero-order valence-corrected chi connectivity index (χ0v) is 9.49. The van der Waals surface area contributed by atoms with Gasteiger partial charge in [0, 0.05) is 0 Å². The molecule has 0 amide bonds. The van der Waals surface area contributed by atoms with Crippen molar-refractivity contribution in [3.8, 4) is 0 Å². The summed E-state index contributed by atoms with van der Waals surface area (Å²) in [6.07, 6.45) is 0. The molecule has 6 heteroatoms. The fourth-order valence-electron chi connectivity index (χ4n) is 0.415. The van der Waals surface area contributed by atoms with E-state index >= 15 is 0 Å². The second-order valence-corrected chi connectivity index (χ2v) is 1.98. The fourth-order valence-corrected chi connectivity index (χ4v) is 0.642. The Balaban J connectivity index is -0.0000000413. The van der Waals surface area contributed by atoms with E-state index in [0.717, 1.165) is 4.46 Å². The van der Waals surface area contributed by atoms with Crippen LogP contribution in [0.1, 0.15) is 0 Å². The molecule has 5 nitrogen and oxygen atoms in total. The molecule has 1 aromatic carbocycles. The number of benzene rings is 1. The molecule has 86 valence electrons. The molecule has 0 saturated carbocycles. The van der Waals surface area contributed by atoms with Gasteiger partial charge in [0.15, 0.2) is 0 Å². The van der Waals surface area contributed by atoms with E-state index in [1.807, 2.05) is 30.3 Å². The van der Waals surface area contributed by atoms with Crippen molar-refractivity contribution in [2.24, 2.45) is 0 Å². The Hall–Kier alpha value is -1.91. The minimum absolute atomic E-state index is 1.13. The van der Waals surface area contributed by atoms with Gasteiger partial charge in [-0.25, -0.2) is 0 Å². The summed E-state index contributed by atoms with van der Waals surface area (Å²) in [4.78, 5) is 37.5. The van der Waals surface area contributed by atoms with Crippen molar-refractivity contribution >= 4 is 38.4 Å².